The molecule has 4 N–H and O–H groups in total. The van der Waals surface area contributed by atoms with Crippen LogP contribution in [0.3, 0.4) is 0 Å². The zero-order valence-electron chi connectivity index (χ0n) is 7.21. The summed E-state index contributed by atoms with van der Waals surface area (Å²) in [7, 11) is 1.61. The predicted octanol–water partition coefficient (Wildman–Crippen LogP) is 0.779. The van der Waals surface area contributed by atoms with Gasteiger partial charge in [0, 0.05) is 0 Å². The molecule has 0 saturated carbocycles. The third-order valence-electron chi connectivity index (χ3n) is 1.73. The lowest BCUT2D eigenvalue weighted by Crippen LogP contribution is -2.03. The lowest BCUT2D eigenvalue weighted by Gasteiger charge is -2.05. The molecular weight excluding hydrogens is 152 g/mol. The van der Waals surface area contributed by atoms with E-state index < -0.39 is 0 Å². The van der Waals surface area contributed by atoms with Crippen LogP contribution < -0.4 is 16.2 Å². The van der Waals surface area contributed by atoms with E-state index in [0.29, 0.717) is 12.2 Å². The molecule has 0 atom stereocenters. The van der Waals surface area contributed by atoms with Crippen LogP contribution in [-0.2, 0) is 6.42 Å². The monoisotopic (exact) mass is 166 g/mol. The quantitative estimate of drug-likeness (QED) is 0.652. The molecule has 0 bridgehead atoms. The molecule has 0 unspecified atom stereocenters. The molecule has 0 spiro atoms. The maximum Gasteiger partial charge on any atom is 0.141 e. The zero-order chi connectivity index (χ0) is 8.97. The maximum absolute atomic E-state index is 5.70. The van der Waals surface area contributed by atoms with Gasteiger partial charge in [0.1, 0.15) is 5.75 Å². The molecule has 0 saturated heterocycles. The van der Waals surface area contributed by atoms with Crippen LogP contribution in [0.4, 0.5) is 5.69 Å². The lowest BCUT2D eigenvalue weighted by molar-refractivity contribution is 0.417. The van der Waals surface area contributed by atoms with Gasteiger partial charge in [0.15, 0.2) is 0 Å². The standard InChI is InChI=1S/C9H14N2O/c1-12-9-3-2-7(4-5-10)6-8(9)11/h2-3,6H,4-5,10-11H2,1H3. The van der Waals surface area contributed by atoms with Gasteiger partial charge in [0.25, 0.3) is 0 Å². The van der Waals surface area contributed by atoms with Crippen LogP contribution in [0.25, 0.3) is 0 Å². The summed E-state index contributed by atoms with van der Waals surface area (Å²) in [5.74, 6) is 0.718. The van der Waals surface area contributed by atoms with E-state index >= 15 is 0 Å². The fourth-order valence-electron chi connectivity index (χ4n) is 1.11. The minimum absolute atomic E-state index is 0.645. The second kappa shape index (κ2) is 3.97. The Morgan fingerprint density at radius 1 is 1.42 bits per heavy atom. The minimum atomic E-state index is 0.645. The molecular formula is C9H14N2O. The molecule has 0 radical (unpaired) electrons. The first-order chi connectivity index (χ1) is 5.77. The normalized spacial score (nSPS) is 9.83. The number of nitrogens with two attached hydrogens (primary N) is 2. The van der Waals surface area contributed by atoms with Gasteiger partial charge < -0.3 is 16.2 Å². The topological polar surface area (TPSA) is 61.3 Å². The minimum Gasteiger partial charge on any atom is -0.495 e. The Balaban J connectivity index is 2.86. The maximum atomic E-state index is 5.70. The molecule has 0 aromatic heterocycles. The molecule has 1 aromatic carbocycles. The van der Waals surface area contributed by atoms with E-state index in [1.807, 2.05) is 18.2 Å². The summed E-state index contributed by atoms with van der Waals surface area (Å²) in [6.07, 6.45) is 0.855. The van der Waals surface area contributed by atoms with Crippen molar-refractivity contribution in [2.45, 2.75) is 6.42 Å². The summed E-state index contributed by atoms with van der Waals surface area (Å²) in [4.78, 5) is 0. The van der Waals surface area contributed by atoms with Crippen molar-refractivity contribution < 1.29 is 4.74 Å². The van der Waals surface area contributed by atoms with E-state index in [2.05, 4.69) is 0 Å². The summed E-state index contributed by atoms with van der Waals surface area (Å²) in [5, 5.41) is 0. The first-order valence-electron chi connectivity index (χ1n) is 3.90. The molecule has 0 aliphatic rings. The summed E-state index contributed by atoms with van der Waals surface area (Å²) in [5.41, 5.74) is 12.9. The Kier molecular flexibility index (Phi) is 2.94. The SMILES string of the molecule is COc1ccc(CCN)cc1N. The van der Waals surface area contributed by atoms with E-state index in [9.17, 15) is 0 Å². The van der Waals surface area contributed by atoms with E-state index in [0.717, 1.165) is 17.7 Å². The van der Waals surface area contributed by atoms with Crippen molar-refractivity contribution in [3.05, 3.63) is 23.8 Å². The number of ether oxygens (including phenoxy) is 1. The number of benzene rings is 1. The second-order valence-corrected chi connectivity index (χ2v) is 2.61. The van der Waals surface area contributed by atoms with Gasteiger partial charge in [-0.05, 0) is 30.7 Å². The molecule has 12 heavy (non-hydrogen) atoms. The van der Waals surface area contributed by atoms with Gasteiger partial charge in [0.2, 0.25) is 0 Å². The van der Waals surface area contributed by atoms with Crippen LogP contribution in [0.1, 0.15) is 5.56 Å². The van der Waals surface area contributed by atoms with Crippen LogP contribution in [0.2, 0.25) is 0 Å². The van der Waals surface area contributed by atoms with E-state index in [1.165, 1.54) is 0 Å². The van der Waals surface area contributed by atoms with Crippen LogP contribution in [0.5, 0.6) is 5.75 Å². The van der Waals surface area contributed by atoms with Crippen molar-refractivity contribution in [1.29, 1.82) is 0 Å². The van der Waals surface area contributed by atoms with Crippen molar-refractivity contribution in [3.63, 3.8) is 0 Å². The third kappa shape index (κ3) is 1.89. The fourth-order valence-corrected chi connectivity index (χ4v) is 1.11. The summed E-state index contributed by atoms with van der Waals surface area (Å²) in [6.45, 7) is 0.645. The van der Waals surface area contributed by atoms with Gasteiger partial charge >= 0.3 is 0 Å². The molecule has 0 heterocycles. The number of rotatable bonds is 3. The van der Waals surface area contributed by atoms with Crippen molar-refractivity contribution in [2.24, 2.45) is 5.73 Å². The van der Waals surface area contributed by atoms with Crippen molar-refractivity contribution in [3.8, 4) is 5.75 Å². The van der Waals surface area contributed by atoms with Gasteiger partial charge in [-0.1, -0.05) is 6.07 Å². The number of methoxy groups -OCH3 is 1. The molecule has 0 aliphatic carbocycles. The highest BCUT2D eigenvalue weighted by atomic mass is 16.5. The van der Waals surface area contributed by atoms with Gasteiger partial charge in [0.05, 0.1) is 12.8 Å². The molecule has 0 aliphatic heterocycles. The Morgan fingerprint density at radius 3 is 2.67 bits per heavy atom. The highest BCUT2D eigenvalue weighted by molar-refractivity contribution is 5.54. The van der Waals surface area contributed by atoms with Gasteiger partial charge in [-0.25, -0.2) is 0 Å². The van der Waals surface area contributed by atoms with Crippen LogP contribution in [-0.4, -0.2) is 13.7 Å². The Labute approximate surface area is 72.3 Å². The number of hydrogen-bond acceptors (Lipinski definition) is 3. The number of anilines is 1. The van der Waals surface area contributed by atoms with Crippen LogP contribution in [0.15, 0.2) is 18.2 Å². The molecule has 0 fully saturated rings. The molecule has 1 aromatic rings. The summed E-state index contributed by atoms with van der Waals surface area (Å²) in [6, 6.07) is 5.73. The molecule has 3 nitrogen and oxygen atoms in total. The largest absolute Gasteiger partial charge is 0.495 e. The smallest absolute Gasteiger partial charge is 0.141 e. The molecule has 1 rings (SSSR count). The Morgan fingerprint density at radius 2 is 2.17 bits per heavy atom. The van der Waals surface area contributed by atoms with Gasteiger partial charge in [-0.3, -0.25) is 0 Å². The molecule has 3 heteroatoms. The first-order valence-corrected chi connectivity index (χ1v) is 3.90. The molecule has 0 amide bonds. The zero-order valence-corrected chi connectivity index (χ0v) is 7.21. The molecule has 66 valence electrons. The van der Waals surface area contributed by atoms with Crippen molar-refractivity contribution in [1.82, 2.24) is 0 Å². The lowest BCUT2D eigenvalue weighted by atomic mass is 10.1. The van der Waals surface area contributed by atoms with Crippen molar-refractivity contribution >= 4 is 5.69 Å². The van der Waals surface area contributed by atoms with Gasteiger partial charge in [-0.2, -0.15) is 0 Å². The summed E-state index contributed by atoms with van der Waals surface area (Å²) < 4.78 is 5.02. The average Bonchev–Trinajstić information content (AvgIpc) is 2.05. The first kappa shape index (κ1) is 8.87. The predicted molar refractivity (Wildman–Crippen MR) is 50.2 cm³/mol. The van der Waals surface area contributed by atoms with E-state index in [1.54, 1.807) is 7.11 Å². The van der Waals surface area contributed by atoms with E-state index in [4.69, 9.17) is 16.2 Å². The highest BCUT2D eigenvalue weighted by Gasteiger charge is 1.98. The Hall–Kier alpha value is -1.22. The van der Waals surface area contributed by atoms with E-state index in [-0.39, 0.29) is 0 Å². The van der Waals surface area contributed by atoms with Crippen LogP contribution in [0, 0.1) is 0 Å². The number of hydrogen-bond donors (Lipinski definition) is 2. The second-order valence-electron chi connectivity index (χ2n) is 2.61. The fraction of sp³-hybridized carbons (Fsp3) is 0.333. The van der Waals surface area contributed by atoms with Gasteiger partial charge in [-0.15, -0.1) is 0 Å². The van der Waals surface area contributed by atoms with Crippen LogP contribution >= 0.6 is 0 Å². The van der Waals surface area contributed by atoms with Crippen molar-refractivity contribution in [2.75, 3.05) is 19.4 Å². The average molecular weight is 166 g/mol. The summed E-state index contributed by atoms with van der Waals surface area (Å²) >= 11 is 0. The number of nitrogen functional groups attached to an aromatic ring is 1. The third-order valence-corrected chi connectivity index (χ3v) is 1.73. The highest BCUT2D eigenvalue weighted by Crippen LogP contribution is 2.21. The Bertz CT molecular complexity index is 261.